The summed E-state index contributed by atoms with van der Waals surface area (Å²) in [4.78, 5) is 14.9. The Balaban J connectivity index is 1.55. The van der Waals surface area contributed by atoms with E-state index in [1.807, 2.05) is 0 Å². The molecule has 3 fully saturated rings. The van der Waals surface area contributed by atoms with E-state index in [0.717, 1.165) is 25.7 Å². The molecule has 0 aromatic heterocycles. The van der Waals surface area contributed by atoms with Gasteiger partial charge in [-0.05, 0) is 31.0 Å². The molecule has 0 aliphatic carbocycles. The highest BCUT2D eigenvalue weighted by Crippen LogP contribution is 2.33. The topological polar surface area (TPSA) is 85.4 Å². The zero-order valence-electron chi connectivity index (χ0n) is 17.5. The van der Waals surface area contributed by atoms with Crippen LogP contribution in [0.25, 0.3) is 0 Å². The number of hydrogen-bond donors (Lipinski definition) is 0. The minimum absolute atomic E-state index is 0.0636. The Morgan fingerprint density at radius 3 is 2.23 bits per heavy atom. The lowest BCUT2D eigenvalue weighted by molar-refractivity contribution is -0.181. The smallest absolute Gasteiger partial charge is 0.253 e. The van der Waals surface area contributed by atoms with Gasteiger partial charge in [0.05, 0.1) is 20.3 Å². The second-order valence-corrected chi connectivity index (χ2v) is 9.99. The second-order valence-electron chi connectivity index (χ2n) is 8.08. The van der Waals surface area contributed by atoms with Crippen LogP contribution in [0, 0.1) is 0 Å². The lowest BCUT2D eigenvalue weighted by atomic mass is 10.0. The summed E-state index contributed by atoms with van der Waals surface area (Å²) in [5, 5.41) is 0. The van der Waals surface area contributed by atoms with Gasteiger partial charge in [0.1, 0.15) is 10.6 Å². The molecule has 3 heterocycles. The van der Waals surface area contributed by atoms with Gasteiger partial charge < -0.3 is 19.1 Å². The highest BCUT2D eigenvalue weighted by atomic mass is 32.2. The van der Waals surface area contributed by atoms with Gasteiger partial charge in [0.25, 0.3) is 5.91 Å². The number of hydrogen-bond acceptors (Lipinski definition) is 6. The number of likely N-dealkylation sites (tertiary alicyclic amines) is 1. The third kappa shape index (κ3) is 4.21. The number of amides is 1. The lowest BCUT2D eigenvalue weighted by Gasteiger charge is -2.37. The summed E-state index contributed by atoms with van der Waals surface area (Å²) in [6.45, 7) is 3.20. The Bertz CT molecular complexity index is 863. The van der Waals surface area contributed by atoms with Crippen molar-refractivity contribution in [2.45, 2.75) is 49.2 Å². The Kier molecular flexibility index (Phi) is 6.34. The van der Waals surface area contributed by atoms with Crippen molar-refractivity contribution in [3.8, 4) is 5.75 Å². The molecule has 1 amide bonds. The van der Waals surface area contributed by atoms with E-state index in [2.05, 4.69) is 0 Å². The molecule has 0 saturated carbocycles. The third-order valence-electron chi connectivity index (χ3n) is 6.22. The summed E-state index contributed by atoms with van der Waals surface area (Å²) in [6, 6.07) is 4.68. The number of sulfonamides is 1. The van der Waals surface area contributed by atoms with Gasteiger partial charge in [0.2, 0.25) is 10.0 Å². The van der Waals surface area contributed by atoms with Crippen molar-refractivity contribution < 1.29 is 27.4 Å². The molecule has 3 aliphatic heterocycles. The first kappa shape index (κ1) is 21.5. The fraction of sp³-hybridized carbons (Fsp3) is 0.667. The van der Waals surface area contributed by atoms with E-state index in [1.165, 1.54) is 17.5 Å². The number of carbonyl (C=O) groups is 1. The maximum absolute atomic E-state index is 13.3. The highest BCUT2D eigenvalue weighted by molar-refractivity contribution is 7.89. The van der Waals surface area contributed by atoms with Crippen molar-refractivity contribution in [1.29, 1.82) is 0 Å². The molecular formula is C21H30N2O6S. The Labute approximate surface area is 178 Å². The normalized spacial score (nSPS) is 22.8. The number of benzene rings is 1. The first-order chi connectivity index (χ1) is 14.5. The first-order valence-electron chi connectivity index (χ1n) is 10.7. The van der Waals surface area contributed by atoms with Gasteiger partial charge in [0.15, 0.2) is 5.79 Å². The summed E-state index contributed by atoms with van der Waals surface area (Å²) in [6.07, 6.45) is 5.00. The minimum atomic E-state index is -3.74. The predicted molar refractivity (Wildman–Crippen MR) is 110 cm³/mol. The van der Waals surface area contributed by atoms with E-state index >= 15 is 0 Å². The highest BCUT2D eigenvalue weighted by Gasteiger charge is 2.41. The van der Waals surface area contributed by atoms with Gasteiger partial charge in [-0.3, -0.25) is 4.79 Å². The van der Waals surface area contributed by atoms with Crippen LogP contribution in [-0.2, 0) is 19.5 Å². The monoisotopic (exact) mass is 438 g/mol. The summed E-state index contributed by atoms with van der Waals surface area (Å²) in [5.74, 6) is -0.475. The van der Waals surface area contributed by atoms with Crippen LogP contribution in [0.3, 0.4) is 0 Å². The van der Waals surface area contributed by atoms with Gasteiger partial charge in [0, 0.05) is 44.6 Å². The van der Waals surface area contributed by atoms with E-state index in [-0.39, 0.29) is 16.6 Å². The fourth-order valence-corrected chi connectivity index (χ4v) is 6.15. The van der Waals surface area contributed by atoms with Crippen molar-refractivity contribution in [1.82, 2.24) is 9.21 Å². The second kappa shape index (κ2) is 8.82. The van der Waals surface area contributed by atoms with Crippen LogP contribution in [0.1, 0.15) is 48.9 Å². The number of carbonyl (C=O) groups excluding carboxylic acids is 1. The van der Waals surface area contributed by atoms with E-state index in [0.29, 0.717) is 57.8 Å². The minimum Gasteiger partial charge on any atom is -0.495 e. The standard InChI is InChI=1S/C21H30N2O6S/c1-27-18-7-6-17(16-19(18)30(25,26)23-10-4-2-3-5-11-23)20(24)22-12-8-21(9-13-22)28-14-15-29-21/h6-7,16H,2-5,8-15H2,1H3. The molecule has 1 aromatic rings. The third-order valence-corrected chi connectivity index (χ3v) is 8.14. The van der Waals surface area contributed by atoms with Crippen LogP contribution in [-0.4, -0.2) is 75.8 Å². The van der Waals surface area contributed by atoms with Crippen LogP contribution >= 0.6 is 0 Å². The fourth-order valence-electron chi connectivity index (χ4n) is 4.45. The quantitative estimate of drug-likeness (QED) is 0.717. The Morgan fingerprint density at radius 2 is 1.63 bits per heavy atom. The number of piperidine rings is 1. The molecule has 0 atom stereocenters. The van der Waals surface area contributed by atoms with E-state index in [4.69, 9.17) is 14.2 Å². The van der Waals surface area contributed by atoms with Crippen molar-refractivity contribution in [3.05, 3.63) is 23.8 Å². The molecule has 0 unspecified atom stereocenters. The average Bonchev–Trinajstić information content (AvgIpc) is 3.03. The maximum atomic E-state index is 13.3. The SMILES string of the molecule is COc1ccc(C(=O)N2CCC3(CC2)OCCO3)cc1S(=O)(=O)N1CCCCCC1. The molecule has 30 heavy (non-hydrogen) atoms. The largest absolute Gasteiger partial charge is 0.495 e. The Morgan fingerprint density at radius 1 is 1.00 bits per heavy atom. The molecule has 0 radical (unpaired) electrons. The Hall–Kier alpha value is -1.68. The molecule has 0 bridgehead atoms. The molecule has 1 aromatic carbocycles. The van der Waals surface area contributed by atoms with Gasteiger partial charge >= 0.3 is 0 Å². The van der Waals surface area contributed by atoms with E-state index in [1.54, 1.807) is 17.0 Å². The molecule has 8 nitrogen and oxygen atoms in total. The van der Waals surface area contributed by atoms with Crippen LogP contribution in [0.5, 0.6) is 5.75 Å². The van der Waals surface area contributed by atoms with Crippen molar-refractivity contribution in [3.63, 3.8) is 0 Å². The molecule has 166 valence electrons. The summed E-state index contributed by atoms with van der Waals surface area (Å²) < 4.78 is 45.0. The predicted octanol–water partition coefficient (Wildman–Crippen LogP) is 2.24. The molecule has 4 rings (SSSR count). The van der Waals surface area contributed by atoms with Crippen molar-refractivity contribution in [2.75, 3.05) is 46.5 Å². The van der Waals surface area contributed by atoms with Crippen LogP contribution in [0.4, 0.5) is 0 Å². The van der Waals surface area contributed by atoms with Crippen molar-refractivity contribution >= 4 is 15.9 Å². The molecule has 9 heteroatoms. The van der Waals surface area contributed by atoms with E-state index < -0.39 is 15.8 Å². The number of ether oxygens (including phenoxy) is 3. The summed E-state index contributed by atoms with van der Waals surface area (Å²) >= 11 is 0. The van der Waals surface area contributed by atoms with Gasteiger partial charge in [-0.15, -0.1) is 0 Å². The molecule has 0 N–H and O–H groups in total. The van der Waals surface area contributed by atoms with Gasteiger partial charge in [-0.2, -0.15) is 4.31 Å². The summed E-state index contributed by atoms with van der Waals surface area (Å²) in [5.41, 5.74) is 0.355. The lowest BCUT2D eigenvalue weighted by Crippen LogP contribution is -2.47. The van der Waals surface area contributed by atoms with Crippen LogP contribution in [0.15, 0.2) is 23.1 Å². The summed E-state index contributed by atoms with van der Waals surface area (Å²) in [7, 11) is -2.29. The van der Waals surface area contributed by atoms with Gasteiger partial charge in [-0.25, -0.2) is 8.42 Å². The number of nitrogens with zero attached hydrogens (tertiary/aromatic N) is 2. The molecule has 1 spiro atoms. The number of rotatable bonds is 4. The molecule has 3 aliphatic rings. The van der Waals surface area contributed by atoms with Crippen LogP contribution < -0.4 is 4.74 Å². The zero-order chi connectivity index (χ0) is 21.2. The maximum Gasteiger partial charge on any atom is 0.253 e. The van der Waals surface area contributed by atoms with Gasteiger partial charge in [-0.1, -0.05) is 12.8 Å². The zero-order valence-corrected chi connectivity index (χ0v) is 18.3. The van der Waals surface area contributed by atoms with E-state index in [9.17, 15) is 13.2 Å². The molecular weight excluding hydrogens is 408 g/mol. The first-order valence-corrected chi connectivity index (χ1v) is 12.1. The molecule has 3 saturated heterocycles. The number of methoxy groups -OCH3 is 1. The average molecular weight is 439 g/mol. The van der Waals surface area contributed by atoms with Crippen molar-refractivity contribution in [2.24, 2.45) is 0 Å². The van der Waals surface area contributed by atoms with Crippen LogP contribution in [0.2, 0.25) is 0 Å².